The smallest absolute Gasteiger partial charge is 0.303 e. The maximum absolute atomic E-state index is 12.5. The second-order valence-corrected chi connectivity index (χ2v) is 22.5. The molecule has 0 saturated carbocycles. The first-order valence-electron chi connectivity index (χ1n) is 28.4. The van der Waals surface area contributed by atoms with E-state index in [2.05, 4.69) is 9.48 Å². The van der Waals surface area contributed by atoms with E-state index in [0.29, 0.717) is 202 Å². The lowest BCUT2D eigenvalue weighted by molar-refractivity contribution is -0.438. The maximum Gasteiger partial charge on any atom is 0.303 e. The molecule has 4 rings (SSSR count). The zero-order chi connectivity index (χ0) is 60.2. The fourth-order valence-electron chi connectivity index (χ4n) is 9.50. The van der Waals surface area contributed by atoms with Gasteiger partial charge in [-0.2, -0.15) is 13.0 Å². The van der Waals surface area contributed by atoms with Crippen molar-refractivity contribution in [2.45, 2.75) is 79.9 Å². The van der Waals surface area contributed by atoms with Crippen LogP contribution in [-0.4, -0.2) is 220 Å². The van der Waals surface area contributed by atoms with Gasteiger partial charge in [0, 0.05) is 81.3 Å². The average molecular weight is 1210 g/mol. The topological polar surface area (TPSA) is 266 Å². The fourth-order valence-corrected chi connectivity index (χ4v) is 10.5. The number of anilines is 1. The zero-order valence-corrected chi connectivity index (χ0v) is 50.8. The summed E-state index contributed by atoms with van der Waals surface area (Å²) in [6, 6.07) is 9.08. The Kier molecular flexibility index (Phi) is 33.8. The standard InChI is InChI=1S/C59H90N2O20S2/c1-6-60-53-20-18-49(82(64,65)66)47-51(53)58(2,22-25-72-31-33-76-39-41-80-45-43-78-37-35-74-29-27-70-4)55(60)15-11-8-7-9-12-16-56-59(3,23-26-73-32-34-77-40-42-81-46-44-79-38-36-75-30-28-71-5)52-48-50(83(67,68)69)19-21-54(52)61(56)24-14-10-13-17-57(62)63/h7-9,11-12,15-16,18-21,47-48H,6,10,13-14,17,22-46H2,1-5H3,(H2-,62,63,64,65,66,67,68,69). The lowest BCUT2D eigenvalue weighted by atomic mass is 9.76. The summed E-state index contributed by atoms with van der Waals surface area (Å²) in [6.07, 6.45) is 16.2. The first-order chi connectivity index (χ1) is 40.0. The highest BCUT2D eigenvalue weighted by atomic mass is 32.2. The van der Waals surface area contributed by atoms with Gasteiger partial charge in [0.2, 0.25) is 5.69 Å². The average Bonchev–Trinajstić information content (AvgIpc) is 2.08. The Labute approximate surface area is 491 Å². The number of ether oxygens (including phenoxy) is 12. The number of methoxy groups -OCH3 is 2. The number of carbonyl (C=O) groups is 1. The third-order valence-corrected chi connectivity index (χ3v) is 15.6. The van der Waals surface area contributed by atoms with Crippen LogP contribution in [0.2, 0.25) is 0 Å². The van der Waals surface area contributed by atoms with Gasteiger partial charge >= 0.3 is 5.97 Å². The van der Waals surface area contributed by atoms with Gasteiger partial charge in [0.25, 0.3) is 10.1 Å². The van der Waals surface area contributed by atoms with Gasteiger partial charge in [-0.15, -0.1) is 0 Å². The number of allylic oxidation sites excluding steroid dienone is 8. The predicted octanol–water partition coefficient (Wildman–Crippen LogP) is 6.43. The molecule has 24 heteroatoms. The molecule has 0 saturated heterocycles. The van der Waals surface area contributed by atoms with Gasteiger partial charge in [0.15, 0.2) is 5.71 Å². The van der Waals surface area contributed by atoms with E-state index < -0.39 is 37.0 Å². The number of aliphatic carboxylic acids is 1. The quantitative estimate of drug-likeness (QED) is 0.0313. The van der Waals surface area contributed by atoms with Crippen LogP contribution in [0.4, 0.5) is 11.4 Å². The van der Waals surface area contributed by atoms with E-state index in [1.54, 1.807) is 26.4 Å². The Morgan fingerprint density at radius 3 is 1.46 bits per heavy atom. The summed E-state index contributed by atoms with van der Waals surface area (Å²) in [5.41, 5.74) is 3.21. The molecule has 2 unspecified atom stereocenters. The van der Waals surface area contributed by atoms with Gasteiger partial charge in [-0.1, -0.05) is 30.4 Å². The Morgan fingerprint density at radius 2 is 1.00 bits per heavy atom. The van der Waals surface area contributed by atoms with Crippen LogP contribution in [0.3, 0.4) is 0 Å². The third-order valence-electron chi connectivity index (χ3n) is 13.9. The molecule has 2 aliphatic rings. The highest BCUT2D eigenvalue weighted by Crippen LogP contribution is 2.50. The zero-order valence-electron chi connectivity index (χ0n) is 49.2. The van der Waals surface area contributed by atoms with Crippen molar-refractivity contribution in [2.75, 3.05) is 178 Å². The molecular formula is C59H90N2O20S2. The van der Waals surface area contributed by atoms with E-state index in [9.17, 15) is 35.8 Å². The lowest BCUT2D eigenvalue weighted by Crippen LogP contribution is -2.33. The van der Waals surface area contributed by atoms with Gasteiger partial charge in [-0.3, -0.25) is 9.35 Å². The minimum Gasteiger partial charge on any atom is -0.744 e. The van der Waals surface area contributed by atoms with Crippen molar-refractivity contribution in [1.29, 1.82) is 0 Å². The van der Waals surface area contributed by atoms with Crippen molar-refractivity contribution in [3.05, 3.63) is 95.8 Å². The largest absolute Gasteiger partial charge is 0.744 e. The van der Waals surface area contributed by atoms with E-state index in [0.717, 1.165) is 22.8 Å². The molecule has 83 heavy (non-hydrogen) atoms. The molecule has 22 nitrogen and oxygen atoms in total. The second-order valence-electron chi connectivity index (χ2n) is 19.7. The molecule has 0 fully saturated rings. The minimum absolute atomic E-state index is 0.0522. The Balaban J connectivity index is 1.43. The number of nitrogens with zero attached hydrogens (tertiary/aromatic N) is 2. The minimum atomic E-state index is -4.74. The van der Waals surface area contributed by atoms with E-state index >= 15 is 0 Å². The SMILES string of the molecule is CCN1/C(=C/C=C/C=C/C=C/C2=[N+](CCCCCC(=O)O)c3ccc(S(=O)(=O)O)cc3C2(C)CCOCCOCCOCCOCCOCCOC)C(C)(CCOCCOCCOCCOCCOCCOC)c2cc(S(=O)(=O)[O-])ccc21. The molecule has 0 aromatic heterocycles. The molecule has 2 N–H and O–H groups in total. The van der Waals surface area contributed by atoms with Crippen molar-refractivity contribution in [1.82, 2.24) is 0 Å². The summed E-state index contributed by atoms with van der Waals surface area (Å²) in [5, 5.41) is 9.27. The number of unbranched alkanes of at least 4 members (excludes halogenated alkanes) is 2. The Morgan fingerprint density at radius 1 is 0.566 bits per heavy atom. The van der Waals surface area contributed by atoms with Gasteiger partial charge in [-0.25, -0.2) is 8.42 Å². The van der Waals surface area contributed by atoms with Crippen LogP contribution in [0, 0.1) is 0 Å². The molecule has 0 bridgehead atoms. The highest BCUT2D eigenvalue weighted by molar-refractivity contribution is 7.86. The summed E-state index contributed by atoms with van der Waals surface area (Å²) in [7, 11) is -6.04. The molecule has 2 aromatic carbocycles. The maximum atomic E-state index is 12.5. The van der Waals surface area contributed by atoms with Crippen LogP contribution in [0.5, 0.6) is 0 Å². The number of rotatable bonds is 49. The molecule has 2 atom stereocenters. The number of likely N-dealkylation sites (N-methyl/N-ethyl adjacent to an activating group) is 1. The second kappa shape index (κ2) is 39.4. The molecule has 468 valence electrons. The first-order valence-corrected chi connectivity index (χ1v) is 31.2. The van der Waals surface area contributed by atoms with Gasteiger partial charge < -0.3 is 71.4 Å². The number of hydrogen-bond acceptors (Lipinski definition) is 19. The van der Waals surface area contributed by atoms with Crippen LogP contribution in [0.15, 0.2) is 94.4 Å². The van der Waals surface area contributed by atoms with E-state index in [-0.39, 0.29) is 16.2 Å². The number of hydrogen-bond donors (Lipinski definition) is 2. The highest BCUT2D eigenvalue weighted by Gasteiger charge is 2.48. The molecule has 2 aliphatic heterocycles. The number of carboxylic acids is 1. The lowest BCUT2D eigenvalue weighted by Gasteiger charge is -2.30. The van der Waals surface area contributed by atoms with Crippen molar-refractivity contribution in [3.8, 4) is 0 Å². The van der Waals surface area contributed by atoms with Gasteiger partial charge in [0.1, 0.15) is 16.7 Å². The third kappa shape index (κ3) is 24.9. The summed E-state index contributed by atoms with van der Waals surface area (Å²) in [4.78, 5) is 12.9. The molecule has 0 spiro atoms. The van der Waals surface area contributed by atoms with Gasteiger partial charge in [-0.05, 0) is 88.4 Å². The van der Waals surface area contributed by atoms with Crippen molar-refractivity contribution in [3.63, 3.8) is 0 Å². The monoisotopic (exact) mass is 1210 g/mol. The predicted molar refractivity (Wildman–Crippen MR) is 311 cm³/mol. The van der Waals surface area contributed by atoms with E-state index in [4.69, 9.17) is 56.8 Å². The van der Waals surface area contributed by atoms with Crippen molar-refractivity contribution < 1.29 is 97.3 Å². The molecule has 0 aliphatic carbocycles. The summed E-state index contributed by atoms with van der Waals surface area (Å²) >= 11 is 0. The number of benzene rings is 2. The summed E-state index contributed by atoms with van der Waals surface area (Å²) < 4.78 is 140. The molecule has 0 radical (unpaired) electrons. The number of fused-ring (bicyclic) bond motifs is 2. The molecular weight excluding hydrogens is 1120 g/mol. The van der Waals surface area contributed by atoms with Crippen molar-refractivity contribution >= 4 is 43.3 Å². The Bertz CT molecular complexity index is 2610. The van der Waals surface area contributed by atoms with Gasteiger partial charge in [0.05, 0.1) is 147 Å². The van der Waals surface area contributed by atoms with Crippen LogP contribution >= 0.6 is 0 Å². The summed E-state index contributed by atoms with van der Waals surface area (Å²) in [5.74, 6) is -0.862. The Hall–Kier alpha value is -4.32. The molecule has 2 aromatic rings. The molecule has 0 amide bonds. The first kappa shape index (κ1) is 71.2. The fraction of sp³-hybridized carbons (Fsp3) is 0.627. The van der Waals surface area contributed by atoms with Crippen LogP contribution in [-0.2, 0) is 92.7 Å². The molecule has 2 heterocycles. The van der Waals surface area contributed by atoms with Crippen LogP contribution < -0.4 is 4.90 Å². The van der Waals surface area contributed by atoms with E-state index in [1.165, 1.54) is 24.3 Å². The van der Waals surface area contributed by atoms with Crippen LogP contribution in [0.1, 0.15) is 70.4 Å². The van der Waals surface area contributed by atoms with Crippen LogP contribution in [0.25, 0.3) is 0 Å². The summed E-state index contributed by atoms with van der Waals surface area (Å²) in [6.45, 7) is 16.4. The van der Waals surface area contributed by atoms with Crippen molar-refractivity contribution in [2.24, 2.45) is 0 Å². The number of carboxylic acid groups (broad SMARTS) is 1. The normalized spacial score (nSPS) is 17.9. The van der Waals surface area contributed by atoms with E-state index in [1.807, 2.05) is 63.3 Å².